The SMILES string of the molecule is CCCCCCC(O)COCCC. The molecule has 0 spiro atoms. The minimum absolute atomic E-state index is 0.247. The largest absolute Gasteiger partial charge is 0.391 e. The number of hydrogen-bond acceptors (Lipinski definition) is 2. The fourth-order valence-electron chi connectivity index (χ4n) is 1.25. The van der Waals surface area contributed by atoms with E-state index in [9.17, 15) is 5.11 Å². The topological polar surface area (TPSA) is 29.5 Å². The first kappa shape index (κ1) is 12.9. The Morgan fingerprint density at radius 3 is 2.46 bits per heavy atom. The predicted molar refractivity (Wildman–Crippen MR) is 55.9 cm³/mol. The van der Waals surface area contributed by atoms with Crippen LogP contribution in [0.2, 0.25) is 0 Å². The summed E-state index contributed by atoms with van der Waals surface area (Å²) >= 11 is 0. The summed E-state index contributed by atoms with van der Waals surface area (Å²) in [6.07, 6.45) is 6.58. The number of rotatable bonds is 9. The van der Waals surface area contributed by atoms with Crippen molar-refractivity contribution in [3.63, 3.8) is 0 Å². The van der Waals surface area contributed by atoms with Crippen molar-refractivity contribution in [1.82, 2.24) is 0 Å². The number of ether oxygens (including phenoxy) is 1. The minimum atomic E-state index is -0.247. The summed E-state index contributed by atoms with van der Waals surface area (Å²) in [4.78, 5) is 0. The average Bonchev–Trinajstić information content (AvgIpc) is 2.13. The van der Waals surface area contributed by atoms with Crippen molar-refractivity contribution in [2.75, 3.05) is 13.2 Å². The summed E-state index contributed by atoms with van der Waals surface area (Å²) in [5.41, 5.74) is 0. The minimum Gasteiger partial charge on any atom is -0.391 e. The Bertz CT molecular complexity index is 94.1. The highest BCUT2D eigenvalue weighted by molar-refractivity contribution is 4.54. The van der Waals surface area contributed by atoms with Crippen LogP contribution < -0.4 is 0 Å². The molecule has 0 aliphatic carbocycles. The van der Waals surface area contributed by atoms with Crippen LogP contribution in [0.25, 0.3) is 0 Å². The fraction of sp³-hybridized carbons (Fsp3) is 1.00. The highest BCUT2D eigenvalue weighted by Crippen LogP contribution is 2.05. The van der Waals surface area contributed by atoms with E-state index in [2.05, 4.69) is 13.8 Å². The molecule has 0 radical (unpaired) electrons. The summed E-state index contributed by atoms with van der Waals surface area (Å²) in [6, 6.07) is 0. The van der Waals surface area contributed by atoms with Gasteiger partial charge in [-0.3, -0.25) is 0 Å². The molecule has 2 nitrogen and oxygen atoms in total. The van der Waals surface area contributed by atoms with Crippen LogP contribution in [0.1, 0.15) is 52.4 Å². The van der Waals surface area contributed by atoms with E-state index in [1.54, 1.807) is 0 Å². The molecule has 80 valence electrons. The Labute approximate surface area is 82.3 Å². The van der Waals surface area contributed by atoms with Gasteiger partial charge in [0.1, 0.15) is 0 Å². The van der Waals surface area contributed by atoms with Gasteiger partial charge >= 0.3 is 0 Å². The lowest BCUT2D eigenvalue weighted by molar-refractivity contribution is 0.0316. The van der Waals surface area contributed by atoms with E-state index in [4.69, 9.17) is 4.74 Å². The fourth-order valence-corrected chi connectivity index (χ4v) is 1.25. The van der Waals surface area contributed by atoms with Crippen LogP contribution in [0.15, 0.2) is 0 Å². The zero-order valence-corrected chi connectivity index (χ0v) is 9.09. The molecule has 0 aliphatic heterocycles. The molecule has 1 atom stereocenters. The Morgan fingerprint density at radius 2 is 1.85 bits per heavy atom. The molecule has 1 unspecified atom stereocenters. The van der Waals surface area contributed by atoms with Crippen molar-refractivity contribution in [3.05, 3.63) is 0 Å². The smallest absolute Gasteiger partial charge is 0.0773 e. The number of aliphatic hydroxyl groups is 1. The van der Waals surface area contributed by atoms with Crippen LogP contribution in [0.3, 0.4) is 0 Å². The van der Waals surface area contributed by atoms with Gasteiger partial charge < -0.3 is 9.84 Å². The van der Waals surface area contributed by atoms with Crippen LogP contribution >= 0.6 is 0 Å². The van der Waals surface area contributed by atoms with Gasteiger partial charge in [-0.25, -0.2) is 0 Å². The molecule has 13 heavy (non-hydrogen) atoms. The van der Waals surface area contributed by atoms with Crippen LogP contribution in [-0.4, -0.2) is 24.4 Å². The molecule has 0 rings (SSSR count). The third kappa shape index (κ3) is 9.84. The summed E-state index contributed by atoms with van der Waals surface area (Å²) in [6.45, 7) is 5.56. The lowest BCUT2D eigenvalue weighted by Gasteiger charge is -2.10. The molecular weight excluding hydrogens is 164 g/mol. The standard InChI is InChI=1S/C11H24O2/c1-3-5-6-7-8-11(12)10-13-9-4-2/h11-12H,3-10H2,1-2H3. The molecule has 0 heterocycles. The van der Waals surface area contributed by atoms with Crippen LogP contribution in [0.4, 0.5) is 0 Å². The zero-order chi connectivity index (χ0) is 9.94. The van der Waals surface area contributed by atoms with E-state index in [-0.39, 0.29) is 6.10 Å². The highest BCUT2D eigenvalue weighted by Gasteiger charge is 2.02. The van der Waals surface area contributed by atoms with Crippen molar-refractivity contribution < 1.29 is 9.84 Å². The number of unbranched alkanes of at least 4 members (excludes halogenated alkanes) is 3. The summed E-state index contributed by atoms with van der Waals surface area (Å²) in [7, 11) is 0. The van der Waals surface area contributed by atoms with E-state index >= 15 is 0 Å². The third-order valence-electron chi connectivity index (χ3n) is 2.05. The van der Waals surface area contributed by atoms with E-state index < -0.39 is 0 Å². The molecule has 1 N–H and O–H groups in total. The number of aliphatic hydroxyl groups excluding tert-OH is 1. The van der Waals surface area contributed by atoms with E-state index in [1.165, 1.54) is 19.3 Å². The van der Waals surface area contributed by atoms with Crippen LogP contribution in [0, 0.1) is 0 Å². The van der Waals surface area contributed by atoms with Gasteiger partial charge in [-0.05, 0) is 12.8 Å². The predicted octanol–water partition coefficient (Wildman–Crippen LogP) is 2.74. The molecule has 0 saturated carbocycles. The molecule has 0 aromatic heterocycles. The second-order valence-corrected chi connectivity index (χ2v) is 3.58. The average molecular weight is 188 g/mol. The maximum absolute atomic E-state index is 9.45. The summed E-state index contributed by atoms with van der Waals surface area (Å²) < 4.78 is 5.25. The third-order valence-corrected chi connectivity index (χ3v) is 2.05. The molecule has 0 bridgehead atoms. The molecule has 0 fully saturated rings. The maximum Gasteiger partial charge on any atom is 0.0773 e. The number of hydrogen-bond donors (Lipinski definition) is 1. The first-order chi connectivity index (χ1) is 6.31. The molecule has 2 heteroatoms. The second kappa shape index (κ2) is 10.0. The van der Waals surface area contributed by atoms with Gasteiger partial charge in [-0.15, -0.1) is 0 Å². The van der Waals surface area contributed by atoms with Crippen molar-refractivity contribution in [1.29, 1.82) is 0 Å². The molecular formula is C11H24O2. The van der Waals surface area contributed by atoms with Gasteiger partial charge in [0, 0.05) is 6.61 Å². The van der Waals surface area contributed by atoms with Gasteiger partial charge in [0.2, 0.25) is 0 Å². The van der Waals surface area contributed by atoms with Crippen molar-refractivity contribution in [2.24, 2.45) is 0 Å². The molecule has 0 aromatic carbocycles. The Kier molecular flexibility index (Phi) is 9.94. The monoisotopic (exact) mass is 188 g/mol. The van der Waals surface area contributed by atoms with Crippen LogP contribution in [0.5, 0.6) is 0 Å². The van der Waals surface area contributed by atoms with Gasteiger partial charge in [0.05, 0.1) is 12.7 Å². The zero-order valence-electron chi connectivity index (χ0n) is 9.09. The lowest BCUT2D eigenvalue weighted by atomic mass is 10.1. The quantitative estimate of drug-likeness (QED) is 0.564. The van der Waals surface area contributed by atoms with Crippen LogP contribution in [-0.2, 0) is 4.74 Å². The maximum atomic E-state index is 9.45. The van der Waals surface area contributed by atoms with Gasteiger partial charge in [0.25, 0.3) is 0 Å². The first-order valence-corrected chi connectivity index (χ1v) is 5.57. The van der Waals surface area contributed by atoms with Gasteiger partial charge in [0.15, 0.2) is 0 Å². The molecule has 0 saturated heterocycles. The van der Waals surface area contributed by atoms with Crippen molar-refractivity contribution in [2.45, 2.75) is 58.5 Å². The highest BCUT2D eigenvalue weighted by atomic mass is 16.5. The van der Waals surface area contributed by atoms with E-state index in [0.29, 0.717) is 6.61 Å². The molecule has 0 amide bonds. The van der Waals surface area contributed by atoms with E-state index in [0.717, 1.165) is 25.9 Å². The Balaban J connectivity index is 3.05. The summed E-state index contributed by atoms with van der Waals surface area (Å²) in [5.74, 6) is 0. The second-order valence-electron chi connectivity index (χ2n) is 3.58. The normalized spacial score (nSPS) is 13.2. The molecule has 0 aliphatic rings. The van der Waals surface area contributed by atoms with E-state index in [1.807, 2.05) is 0 Å². The first-order valence-electron chi connectivity index (χ1n) is 5.57. The van der Waals surface area contributed by atoms with Gasteiger partial charge in [-0.2, -0.15) is 0 Å². The Hall–Kier alpha value is -0.0800. The van der Waals surface area contributed by atoms with Crippen molar-refractivity contribution in [3.8, 4) is 0 Å². The van der Waals surface area contributed by atoms with Gasteiger partial charge in [-0.1, -0.05) is 39.5 Å². The lowest BCUT2D eigenvalue weighted by Crippen LogP contribution is -2.15. The summed E-state index contributed by atoms with van der Waals surface area (Å²) in [5, 5.41) is 9.45. The molecule has 0 aromatic rings. The Morgan fingerprint density at radius 1 is 1.08 bits per heavy atom. The van der Waals surface area contributed by atoms with Crippen molar-refractivity contribution >= 4 is 0 Å².